The molecular formula is C17H18BrFN2O2. The van der Waals surface area contributed by atoms with Crippen molar-refractivity contribution < 1.29 is 13.9 Å². The first-order chi connectivity index (χ1) is 11.1. The van der Waals surface area contributed by atoms with Crippen LogP contribution in [0.4, 0.5) is 4.39 Å². The number of ether oxygens (including phenoxy) is 1. The van der Waals surface area contributed by atoms with Crippen molar-refractivity contribution >= 4 is 21.9 Å². The molecule has 0 atom stereocenters. The normalized spacial score (nSPS) is 20.2. The minimum absolute atomic E-state index is 0.259. The van der Waals surface area contributed by atoms with Gasteiger partial charge in [0.05, 0.1) is 11.6 Å². The zero-order valence-electron chi connectivity index (χ0n) is 13.3. The summed E-state index contributed by atoms with van der Waals surface area (Å²) < 4.78 is 21.0. The molecule has 2 aliphatic heterocycles. The SMILES string of the molecule is CC.COC(=O)c1cn2c(n1)-c1cc(Br)c(F)cc1C1CC2C1. The molecule has 3 aliphatic rings. The van der Waals surface area contributed by atoms with Crippen molar-refractivity contribution in [1.82, 2.24) is 9.55 Å². The molecule has 6 heteroatoms. The van der Waals surface area contributed by atoms with E-state index in [2.05, 4.69) is 20.9 Å². The van der Waals surface area contributed by atoms with Gasteiger partial charge in [-0.1, -0.05) is 13.8 Å². The van der Waals surface area contributed by atoms with Crippen molar-refractivity contribution in [2.75, 3.05) is 7.11 Å². The van der Waals surface area contributed by atoms with Crippen LogP contribution < -0.4 is 0 Å². The van der Waals surface area contributed by atoms with Gasteiger partial charge in [0.15, 0.2) is 5.69 Å². The standard InChI is InChI=1S/C15H12BrFN2O2.C2H6/c1-21-15(20)13-6-19-8-2-7(3-8)9-5-12(17)11(16)4-10(9)14(19)18-13;1-2/h4-8H,2-3H2,1H3;1-2H3. The molecular weight excluding hydrogens is 363 g/mol. The maximum absolute atomic E-state index is 13.8. The van der Waals surface area contributed by atoms with Crippen LogP contribution in [0.15, 0.2) is 22.8 Å². The number of benzene rings is 1. The van der Waals surface area contributed by atoms with Crippen molar-refractivity contribution in [2.45, 2.75) is 38.6 Å². The summed E-state index contributed by atoms with van der Waals surface area (Å²) in [6.45, 7) is 4.00. The van der Waals surface area contributed by atoms with Gasteiger partial charge in [0.1, 0.15) is 11.6 Å². The highest BCUT2D eigenvalue weighted by Crippen LogP contribution is 2.52. The Morgan fingerprint density at radius 1 is 1.39 bits per heavy atom. The molecule has 0 spiro atoms. The lowest BCUT2D eigenvalue weighted by atomic mass is 9.76. The third kappa shape index (κ3) is 2.49. The molecule has 23 heavy (non-hydrogen) atoms. The van der Waals surface area contributed by atoms with Crippen LogP contribution in [0, 0.1) is 5.82 Å². The summed E-state index contributed by atoms with van der Waals surface area (Å²) in [5.41, 5.74) is 2.17. The molecule has 3 heterocycles. The van der Waals surface area contributed by atoms with Gasteiger partial charge in [-0.25, -0.2) is 14.2 Å². The third-order valence-corrected chi connectivity index (χ3v) is 5.01. The van der Waals surface area contributed by atoms with Gasteiger partial charge in [-0.05, 0) is 52.4 Å². The summed E-state index contributed by atoms with van der Waals surface area (Å²) in [5, 5.41) is 0. The van der Waals surface area contributed by atoms with E-state index in [0.717, 1.165) is 29.8 Å². The highest BCUT2D eigenvalue weighted by Gasteiger charge is 2.39. The van der Waals surface area contributed by atoms with Crippen LogP contribution in [0.25, 0.3) is 11.4 Å². The fourth-order valence-corrected chi connectivity index (χ4v) is 3.58. The van der Waals surface area contributed by atoms with Crippen LogP contribution in [0.2, 0.25) is 0 Å². The predicted octanol–water partition coefficient (Wildman–Crippen LogP) is 4.70. The van der Waals surface area contributed by atoms with E-state index in [1.165, 1.54) is 7.11 Å². The molecule has 0 N–H and O–H groups in total. The Labute approximate surface area is 142 Å². The topological polar surface area (TPSA) is 44.1 Å². The molecule has 0 radical (unpaired) electrons. The smallest absolute Gasteiger partial charge is 0.358 e. The Kier molecular flexibility index (Phi) is 4.27. The third-order valence-electron chi connectivity index (χ3n) is 4.41. The lowest BCUT2D eigenvalue weighted by molar-refractivity contribution is 0.0594. The predicted molar refractivity (Wildman–Crippen MR) is 89.0 cm³/mol. The van der Waals surface area contributed by atoms with Gasteiger partial charge in [0.25, 0.3) is 0 Å². The highest BCUT2D eigenvalue weighted by atomic mass is 79.9. The Morgan fingerprint density at radius 3 is 2.74 bits per heavy atom. The minimum atomic E-state index is -0.450. The summed E-state index contributed by atoms with van der Waals surface area (Å²) in [5.74, 6) is 0.381. The average Bonchev–Trinajstić information content (AvgIpc) is 2.86. The van der Waals surface area contributed by atoms with Gasteiger partial charge >= 0.3 is 5.97 Å². The Morgan fingerprint density at radius 2 is 2.09 bits per heavy atom. The van der Waals surface area contributed by atoms with E-state index in [1.54, 1.807) is 18.3 Å². The minimum Gasteiger partial charge on any atom is -0.464 e. The molecule has 2 aromatic rings. The largest absolute Gasteiger partial charge is 0.464 e. The number of hydrogen-bond acceptors (Lipinski definition) is 3. The zero-order valence-corrected chi connectivity index (χ0v) is 14.9. The quantitative estimate of drug-likeness (QED) is 0.673. The van der Waals surface area contributed by atoms with Crippen molar-refractivity contribution in [2.24, 2.45) is 0 Å². The number of rotatable bonds is 1. The average molecular weight is 381 g/mol. The van der Waals surface area contributed by atoms with E-state index in [4.69, 9.17) is 4.74 Å². The summed E-state index contributed by atoms with van der Waals surface area (Å²) in [6, 6.07) is 3.67. The second-order valence-electron chi connectivity index (χ2n) is 5.52. The van der Waals surface area contributed by atoms with Gasteiger partial charge in [0.2, 0.25) is 0 Å². The lowest BCUT2D eigenvalue weighted by Crippen LogP contribution is -2.22. The molecule has 0 unspecified atom stereocenters. The first-order valence-electron chi connectivity index (χ1n) is 7.75. The molecule has 1 saturated carbocycles. The second kappa shape index (κ2) is 6.07. The molecule has 4 nitrogen and oxygen atoms in total. The summed E-state index contributed by atoms with van der Waals surface area (Å²) >= 11 is 3.23. The van der Waals surface area contributed by atoms with E-state index >= 15 is 0 Å². The highest BCUT2D eigenvalue weighted by molar-refractivity contribution is 9.10. The van der Waals surface area contributed by atoms with Gasteiger partial charge in [-0.15, -0.1) is 0 Å². The fraction of sp³-hybridized carbons (Fsp3) is 0.412. The number of aromatic nitrogens is 2. The number of nitrogens with zero attached hydrogens (tertiary/aromatic N) is 2. The first-order valence-corrected chi connectivity index (χ1v) is 8.54. The Hall–Kier alpha value is -1.69. The molecule has 0 amide bonds. The molecule has 5 rings (SSSR count). The van der Waals surface area contributed by atoms with Crippen molar-refractivity contribution in [3.63, 3.8) is 0 Å². The van der Waals surface area contributed by atoms with E-state index in [9.17, 15) is 9.18 Å². The number of carbonyl (C=O) groups excluding carboxylic acids is 1. The van der Waals surface area contributed by atoms with E-state index in [1.807, 2.05) is 18.4 Å². The summed E-state index contributed by atoms with van der Waals surface area (Å²) in [6.07, 6.45) is 3.66. The van der Waals surface area contributed by atoms with E-state index < -0.39 is 5.97 Å². The van der Waals surface area contributed by atoms with Crippen LogP contribution in [-0.4, -0.2) is 22.6 Å². The zero-order chi connectivity index (χ0) is 16.7. The number of halogens is 2. The molecule has 1 aromatic heterocycles. The van der Waals surface area contributed by atoms with Gasteiger partial charge in [-0.2, -0.15) is 0 Å². The van der Waals surface area contributed by atoms with Crippen molar-refractivity contribution in [3.05, 3.63) is 39.9 Å². The van der Waals surface area contributed by atoms with Crippen LogP contribution >= 0.6 is 15.9 Å². The maximum Gasteiger partial charge on any atom is 0.358 e. The van der Waals surface area contributed by atoms with Gasteiger partial charge in [0, 0.05) is 17.8 Å². The molecule has 2 bridgehead atoms. The maximum atomic E-state index is 13.8. The molecule has 1 fully saturated rings. The Balaban J connectivity index is 0.000000753. The fourth-order valence-electron chi connectivity index (χ4n) is 3.24. The molecule has 1 aromatic carbocycles. The van der Waals surface area contributed by atoms with Crippen LogP contribution in [0.3, 0.4) is 0 Å². The number of methoxy groups -OCH3 is 1. The van der Waals surface area contributed by atoms with Crippen molar-refractivity contribution in [1.29, 1.82) is 0 Å². The lowest BCUT2D eigenvalue weighted by Gasteiger charge is -2.34. The number of carbonyl (C=O) groups is 1. The molecule has 0 saturated heterocycles. The van der Waals surface area contributed by atoms with Crippen LogP contribution in [-0.2, 0) is 4.74 Å². The summed E-state index contributed by atoms with van der Waals surface area (Å²) in [7, 11) is 1.34. The molecule has 122 valence electrons. The van der Waals surface area contributed by atoms with E-state index in [0.29, 0.717) is 22.1 Å². The monoisotopic (exact) mass is 380 g/mol. The van der Waals surface area contributed by atoms with Gasteiger partial charge < -0.3 is 9.30 Å². The Bertz CT molecular complexity index is 766. The number of esters is 1. The first kappa shape index (κ1) is 16.2. The second-order valence-corrected chi connectivity index (χ2v) is 6.38. The van der Waals surface area contributed by atoms with E-state index in [-0.39, 0.29) is 5.82 Å². The number of imidazole rings is 1. The summed E-state index contributed by atoms with van der Waals surface area (Å²) in [4.78, 5) is 16.1. The van der Waals surface area contributed by atoms with Crippen LogP contribution in [0.5, 0.6) is 0 Å². The van der Waals surface area contributed by atoms with Gasteiger partial charge in [-0.3, -0.25) is 0 Å². The molecule has 1 aliphatic carbocycles. The number of hydrogen-bond donors (Lipinski definition) is 0. The van der Waals surface area contributed by atoms with Crippen molar-refractivity contribution in [3.8, 4) is 11.4 Å². The van der Waals surface area contributed by atoms with Crippen LogP contribution in [0.1, 0.15) is 54.7 Å².